The first-order chi connectivity index (χ1) is 11.6. The second-order valence-corrected chi connectivity index (χ2v) is 8.17. The maximum Gasteiger partial charge on any atom is 0.140 e. The Morgan fingerprint density at radius 1 is 0.625 bits per heavy atom. The summed E-state index contributed by atoms with van der Waals surface area (Å²) in [5.41, 5.74) is 0. The van der Waals surface area contributed by atoms with Gasteiger partial charge in [0, 0.05) is 0 Å². The average Bonchev–Trinajstić information content (AvgIpc) is 2.55. The first-order valence-corrected chi connectivity index (χ1v) is 11.0. The van der Waals surface area contributed by atoms with Gasteiger partial charge in [-0.1, -0.05) is 89.9 Å². The zero-order valence-electron chi connectivity index (χ0n) is 16.8. The molecule has 0 amide bonds. The predicted octanol–water partition coefficient (Wildman–Crippen LogP) is 6.79. The van der Waals surface area contributed by atoms with Crippen molar-refractivity contribution in [2.45, 2.75) is 96.8 Å². The van der Waals surface area contributed by atoms with Crippen molar-refractivity contribution in [2.24, 2.45) is 0 Å². The minimum atomic E-state index is 0.457. The van der Waals surface area contributed by atoms with Crippen LogP contribution in [0.2, 0.25) is 0 Å². The Balaban J connectivity index is 3.25. The molecule has 0 bridgehead atoms. The zero-order valence-corrected chi connectivity index (χ0v) is 17.6. The maximum atomic E-state index is 5.59. The van der Waals surface area contributed by atoms with Crippen molar-refractivity contribution in [1.82, 2.24) is 0 Å². The van der Waals surface area contributed by atoms with Crippen LogP contribution in [0.1, 0.15) is 96.8 Å². The number of unbranched alkanes of at least 4 members (excludes halogenated alkanes) is 13. The first-order valence-electron chi connectivity index (χ1n) is 10.5. The van der Waals surface area contributed by atoms with Crippen molar-refractivity contribution in [3.05, 3.63) is 0 Å². The van der Waals surface area contributed by atoms with Crippen LogP contribution in [0, 0.1) is 11.8 Å². The van der Waals surface area contributed by atoms with Crippen molar-refractivity contribution < 1.29 is 4.48 Å². The Kier molecular flexibility index (Phi) is 17.5. The van der Waals surface area contributed by atoms with E-state index in [1.54, 1.807) is 0 Å². The SMILES string of the molecule is CCCCCCCCCCCCCCCC[N+](C)(C)CC#CCCl. The van der Waals surface area contributed by atoms with Crippen LogP contribution in [0.4, 0.5) is 0 Å². The Morgan fingerprint density at radius 3 is 1.46 bits per heavy atom. The number of alkyl halides is 1. The van der Waals surface area contributed by atoms with Crippen LogP contribution >= 0.6 is 11.6 Å². The molecule has 24 heavy (non-hydrogen) atoms. The number of hydrogen-bond donors (Lipinski definition) is 0. The van der Waals surface area contributed by atoms with Gasteiger partial charge in [-0.05, 0) is 18.8 Å². The third kappa shape index (κ3) is 18.2. The molecule has 0 N–H and O–H groups in total. The highest BCUT2D eigenvalue weighted by Gasteiger charge is 2.11. The number of nitrogens with zero attached hydrogens (tertiary/aromatic N) is 1. The van der Waals surface area contributed by atoms with E-state index in [9.17, 15) is 0 Å². The summed E-state index contributed by atoms with van der Waals surface area (Å²) in [5.74, 6) is 6.58. The lowest BCUT2D eigenvalue weighted by Crippen LogP contribution is -2.40. The number of rotatable bonds is 16. The van der Waals surface area contributed by atoms with Gasteiger partial charge in [0.15, 0.2) is 0 Å². The van der Waals surface area contributed by atoms with Crippen molar-refractivity contribution in [2.75, 3.05) is 33.1 Å². The summed E-state index contributed by atoms with van der Waals surface area (Å²) in [7, 11) is 4.54. The molecule has 0 spiro atoms. The minimum Gasteiger partial charge on any atom is -0.318 e. The van der Waals surface area contributed by atoms with Gasteiger partial charge >= 0.3 is 0 Å². The quantitative estimate of drug-likeness (QED) is 0.124. The molecule has 0 aliphatic rings. The van der Waals surface area contributed by atoms with Gasteiger partial charge in [-0.3, -0.25) is 0 Å². The van der Waals surface area contributed by atoms with Crippen LogP contribution in [0.3, 0.4) is 0 Å². The van der Waals surface area contributed by atoms with E-state index in [1.165, 1.54) is 96.4 Å². The van der Waals surface area contributed by atoms with Crippen molar-refractivity contribution >= 4 is 11.6 Å². The van der Waals surface area contributed by atoms with Crippen LogP contribution < -0.4 is 0 Å². The highest BCUT2D eigenvalue weighted by atomic mass is 35.5. The van der Waals surface area contributed by atoms with Gasteiger partial charge in [0.05, 0.1) is 26.5 Å². The largest absolute Gasteiger partial charge is 0.318 e. The maximum absolute atomic E-state index is 5.59. The molecule has 0 saturated heterocycles. The molecule has 142 valence electrons. The van der Waals surface area contributed by atoms with Gasteiger partial charge < -0.3 is 4.48 Å². The Labute approximate surface area is 158 Å². The monoisotopic (exact) mass is 356 g/mol. The Bertz CT molecular complexity index is 314. The number of halogens is 1. The molecule has 0 aliphatic heterocycles. The topological polar surface area (TPSA) is 0 Å². The standard InChI is InChI=1S/C22H43ClN/c1-4-5-6-7-8-9-10-11-12-13-14-15-16-18-21-24(2,3)22-19-17-20-23/h4-16,18,20-22H2,1-3H3/q+1. The normalized spacial score (nSPS) is 11.3. The highest BCUT2D eigenvalue weighted by Crippen LogP contribution is 2.13. The Morgan fingerprint density at radius 2 is 1.04 bits per heavy atom. The van der Waals surface area contributed by atoms with E-state index >= 15 is 0 Å². The lowest BCUT2D eigenvalue weighted by molar-refractivity contribution is -0.883. The molecule has 0 aromatic carbocycles. The van der Waals surface area contributed by atoms with Gasteiger partial charge in [-0.25, -0.2) is 0 Å². The van der Waals surface area contributed by atoms with E-state index in [0.29, 0.717) is 5.88 Å². The summed E-state index contributed by atoms with van der Waals surface area (Å²) in [5, 5.41) is 0. The molecule has 0 atom stereocenters. The first kappa shape index (κ1) is 23.8. The Hall–Kier alpha value is -0.190. The molecule has 0 aliphatic carbocycles. The third-order valence-electron chi connectivity index (χ3n) is 4.82. The summed E-state index contributed by atoms with van der Waals surface area (Å²) in [4.78, 5) is 0. The minimum absolute atomic E-state index is 0.457. The van der Waals surface area contributed by atoms with E-state index < -0.39 is 0 Å². The van der Waals surface area contributed by atoms with Crippen LogP contribution in [-0.4, -0.2) is 37.5 Å². The van der Waals surface area contributed by atoms with E-state index in [-0.39, 0.29) is 0 Å². The molecule has 0 radical (unpaired) electrons. The fraction of sp³-hybridized carbons (Fsp3) is 0.909. The highest BCUT2D eigenvalue weighted by molar-refractivity contribution is 6.19. The van der Waals surface area contributed by atoms with E-state index in [0.717, 1.165) is 11.0 Å². The van der Waals surface area contributed by atoms with Crippen LogP contribution in [0.15, 0.2) is 0 Å². The second kappa shape index (κ2) is 17.6. The lowest BCUT2D eigenvalue weighted by Gasteiger charge is -2.27. The zero-order chi connectivity index (χ0) is 17.9. The van der Waals surface area contributed by atoms with Crippen molar-refractivity contribution in [3.63, 3.8) is 0 Å². The molecule has 0 rings (SSSR count). The van der Waals surface area contributed by atoms with Crippen molar-refractivity contribution in [1.29, 1.82) is 0 Å². The molecule has 0 aromatic rings. The molecule has 0 aromatic heterocycles. The van der Waals surface area contributed by atoms with Gasteiger partial charge in [0.25, 0.3) is 0 Å². The lowest BCUT2D eigenvalue weighted by atomic mass is 10.0. The van der Waals surface area contributed by atoms with Gasteiger partial charge in [-0.15, -0.1) is 11.6 Å². The molecule has 0 heterocycles. The molecule has 0 unspecified atom stereocenters. The van der Waals surface area contributed by atoms with Gasteiger partial charge in [0.1, 0.15) is 6.54 Å². The second-order valence-electron chi connectivity index (χ2n) is 7.90. The number of hydrogen-bond acceptors (Lipinski definition) is 0. The van der Waals surface area contributed by atoms with Crippen LogP contribution in [0.25, 0.3) is 0 Å². The average molecular weight is 357 g/mol. The van der Waals surface area contributed by atoms with E-state index in [2.05, 4.69) is 32.9 Å². The fourth-order valence-corrected chi connectivity index (χ4v) is 3.23. The number of quaternary nitrogens is 1. The summed E-state index contributed by atoms with van der Waals surface area (Å²) in [6.07, 6.45) is 20.0. The molecule has 2 heteroatoms. The van der Waals surface area contributed by atoms with Crippen LogP contribution in [0.5, 0.6) is 0 Å². The van der Waals surface area contributed by atoms with Gasteiger partial charge in [0.2, 0.25) is 0 Å². The third-order valence-corrected chi connectivity index (χ3v) is 4.95. The molecular formula is C22H43ClN+. The molecular weight excluding hydrogens is 314 g/mol. The summed E-state index contributed by atoms with van der Waals surface area (Å²) in [6, 6.07) is 0. The smallest absolute Gasteiger partial charge is 0.140 e. The summed E-state index contributed by atoms with van der Waals surface area (Å²) >= 11 is 5.59. The van der Waals surface area contributed by atoms with Gasteiger partial charge in [-0.2, -0.15) is 0 Å². The molecule has 0 fully saturated rings. The van der Waals surface area contributed by atoms with E-state index in [1.807, 2.05) is 0 Å². The predicted molar refractivity (Wildman–Crippen MR) is 111 cm³/mol. The summed E-state index contributed by atoms with van der Waals surface area (Å²) < 4.78 is 1.00. The van der Waals surface area contributed by atoms with E-state index in [4.69, 9.17) is 11.6 Å². The fourth-order valence-electron chi connectivity index (χ4n) is 3.13. The van der Waals surface area contributed by atoms with Crippen LogP contribution in [-0.2, 0) is 0 Å². The van der Waals surface area contributed by atoms with Crippen molar-refractivity contribution in [3.8, 4) is 11.8 Å². The summed E-state index contributed by atoms with van der Waals surface area (Å²) in [6.45, 7) is 4.44. The molecule has 0 saturated carbocycles. The molecule has 1 nitrogen and oxygen atoms in total.